The second kappa shape index (κ2) is 6.08. The molecule has 1 N–H and O–H groups in total. The largest absolute Gasteiger partial charge is 0.314 e. The highest BCUT2D eigenvalue weighted by molar-refractivity contribution is 7.91. The quantitative estimate of drug-likeness (QED) is 0.729. The molecule has 128 valence electrons. The van der Waals surface area contributed by atoms with Gasteiger partial charge in [0.05, 0.1) is 11.0 Å². The monoisotopic (exact) mass is 327 g/mol. The summed E-state index contributed by atoms with van der Waals surface area (Å²) in [7, 11) is -2.88. The van der Waals surface area contributed by atoms with Crippen molar-refractivity contribution < 1.29 is 8.42 Å². The third kappa shape index (κ3) is 3.24. The molecule has 0 aliphatic heterocycles. The predicted octanol–water partition coefficient (Wildman–Crippen LogP) is 3.39. The van der Waals surface area contributed by atoms with Crippen LogP contribution in [0.3, 0.4) is 0 Å². The minimum Gasteiger partial charge on any atom is -0.314 e. The predicted molar refractivity (Wildman–Crippen MR) is 91.6 cm³/mol. The number of sulfone groups is 1. The average Bonchev–Trinajstić information content (AvgIpc) is 2.41. The maximum Gasteiger partial charge on any atom is 0.152 e. The lowest BCUT2D eigenvalue weighted by molar-refractivity contribution is -0.0702. The Labute approximate surface area is 136 Å². The van der Waals surface area contributed by atoms with Crippen LogP contribution >= 0.6 is 0 Å². The van der Waals surface area contributed by atoms with Crippen molar-refractivity contribution in [1.29, 1.82) is 0 Å². The first-order chi connectivity index (χ1) is 10.3. The second-order valence-electron chi connectivity index (χ2n) is 8.73. The van der Waals surface area contributed by atoms with E-state index in [-0.39, 0.29) is 5.25 Å². The summed E-state index contributed by atoms with van der Waals surface area (Å²) in [5, 5.41) is 3.44. The van der Waals surface area contributed by atoms with E-state index in [4.69, 9.17) is 0 Å². The van der Waals surface area contributed by atoms with Crippen molar-refractivity contribution in [3.05, 3.63) is 0 Å². The summed E-state index contributed by atoms with van der Waals surface area (Å²) < 4.78 is 23.7. The molecule has 3 nitrogen and oxygen atoms in total. The van der Waals surface area contributed by atoms with Crippen molar-refractivity contribution in [2.24, 2.45) is 23.2 Å². The normalized spacial score (nSPS) is 38.6. The van der Waals surface area contributed by atoms with Crippen molar-refractivity contribution in [3.63, 3.8) is 0 Å². The van der Waals surface area contributed by atoms with Crippen LogP contribution in [0.25, 0.3) is 0 Å². The topological polar surface area (TPSA) is 46.2 Å². The van der Waals surface area contributed by atoms with Gasteiger partial charge in [0.15, 0.2) is 9.84 Å². The highest BCUT2D eigenvalue weighted by atomic mass is 32.2. The number of rotatable bonds is 7. The van der Waals surface area contributed by atoms with E-state index in [0.29, 0.717) is 17.2 Å². The van der Waals surface area contributed by atoms with Crippen molar-refractivity contribution in [3.8, 4) is 0 Å². The van der Waals surface area contributed by atoms with E-state index in [1.807, 2.05) is 0 Å². The van der Waals surface area contributed by atoms with E-state index < -0.39 is 9.84 Å². The lowest BCUT2D eigenvalue weighted by atomic mass is 9.48. The Hall–Kier alpha value is -0.0900. The fourth-order valence-corrected chi connectivity index (χ4v) is 6.77. The average molecular weight is 328 g/mol. The summed E-state index contributed by atoms with van der Waals surface area (Å²) in [6.07, 6.45) is 9.44. The van der Waals surface area contributed by atoms with Gasteiger partial charge in [-0.1, -0.05) is 0 Å². The van der Waals surface area contributed by atoms with E-state index in [0.717, 1.165) is 30.7 Å². The third-order valence-corrected chi connectivity index (χ3v) is 9.07. The maximum atomic E-state index is 11.9. The summed E-state index contributed by atoms with van der Waals surface area (Å²) >= 11 is 0. The molecule has 0 heterocycles. The molecule has 1 atom stereocenters. The van der Waals surface area contributed by atoms with E-state index in [1.165, 1.54) is 38.5 Å². The van der Waals surface area contributed by atoms with Crippen molar-refractivity contribution in [1.82, 2.24) is 5.32 Å². The van der Waals surface area contributed by atoms with E-state index in [1.54, 1.807) is 13.8 Å². The van der Waals surface area contributed by atoms with Gasteiger partial charge in [-0.3, -0.25) is 0 Å². The fourth-order valence-electron chi connectivity index (χ4n) is 5.75. The molecule has 4 fully saturated rings. The summed E-state index contributed by atoms with van der Waals surface area (Å²) in [6, 6.07) is 0.544. The van der Waals surface area contributed by atoms with E-state index in [2.05, 4.69) is 12.2 Å². The van der Waals surface area contributed by atoms with Gasteiger partial charge < -0.3 is 5.32 Å². The molecule has 4 aliphatic carbocycles. The van der Waals surface area contributed by atoms with Gasteiger partial charge in [0, 0.05) is 6.04 Å². The van der Waals surface area contributed by atoms with Crippen LogP contribution in [0.4, 0.5) is 0 Å². The third-order valence-electron chi connectivity index (χ3n) is 6.78. The van der Waals surface area contributed by atoms with Crippen molar-refractivity contribution >= 4 is 9.84 Å². The van der Waals surface area contributed by atoms with Crippen molar-refractivity contribution in [2.75, 3.05) is 12.3 Å². The fraction of sp³-hybridized carbons (Fsp3) is 1.00. The van der Waals surface area contributed by atoms with Gasteiger partial charge in [0.2, 0.25) is 0 Å². The van der Waals surface area contributed by atoms with Crippen LogP contribution in [0.5, 0.6) is 0 Å². The first-order valence-corrected chi connectivity index (χ1v) is 11.0. The first kappa shape index (κ1) is 16.8. The molecule has 0 aromatic heterocycles. The number of hydrogen-bond acceptors (Lipinski definition) is 3. The lowest BCUT2D eigenvalue weighted by Crippen LogP contribution is -2.55. The summed E-state index contributed by atoms with van der Waals surface area (Å²) in [6.45, 7) is 6.75. The molecule has 0 unspecified atom stereocenters. The standard InChI is InChI=1S/C18H33NO2S/c1-13(2)22(20,21)6-4-5-19-14(3)18-10-15-7-16(11-18)9-17(8-15)12-18/h13-17,19H,4-12H2,1-3H3/t14-,15?,16?,17?,18?/m1/s1. The van der Waals surface area contributed by atoms with Gasteiger partial charge in [0.1, 0.15) is 0 Å². The molecule has 4 bridgehead atoms. The molecule has 22 heavy (non-hydrogen) atoms. The molecule has 0 aromatic rings. The lowest BCUT2D eigenvalue weighted by Gasteiger charge is -2.59. The highest BCUT2D eigenvalue weighted by Crippen LogP contribution is 2.61. The first-order valence-electron chi connectivity index (χ1n) is 9.26. The summed E-state index contributed by atoms with van der Waals surface area (Å²) in [4.78, 5) is 0. The number of nitrogens with one attached hydrogen (secondary N) is 1. The highest BCUT2D eigenvalue weighted by Gasteiger charge is 2.52. The molecular formula is C18H33NO2S. The smallest absolute Gasteiger partial charge is 0.152 e. The Morgan fingerprint density at radius 3 is 1.95 bits per heavy atom. The van der Waals surface area contributed by atoms with Gasteiger partial charge >= 0.3 is 0 Å². The molecule has 0 spiro atoms. The second-order valence-corrected chi connectivity index (χ2v) is 11.4. The molecule has 0 radical (unpaired) electrons. The molecule has 4 heteroatoms. The Bertz CT molecular complexity index is 462. The molecule has 4 saturated carbocycles. The number of hydrogen-bond donors (Lipinski definition) is 1. The van der Waals surface area contributed by atoms with Crippen LogP contribution in [0.2, 0.25) is 0 Å². The molecule has 4 aliphatic rings. The minimum absolute atomic E-state index is 0.243. The minimum atomic E-state index is -2.88. The zero-order chi connectivity index (χ0) is 16.0. The van der Waals surface area contributed by atoms with Gasteiger partial charge in [-0.25, -0.2) is 8.42 Å². The van der Waals surface area contributed by atoms with Crippen LogP contribution in [-0.4, -0.2) is 32.0 Å². The van der Waals surface area contributed by atoms with Gasteiger partial charge in [-0.2, -0.15) is 0 Å². The molecule has 4 rings (SSSR count). The Morgan fingerprint density at radius 1 is 1.00 bits per heavy atom. The molecular weight excluding hydrogens is 294 g/mol. The van der Waals surface area contributed by atoms with Crippen LogP contribution in [0.15, 0.2) is 0 Å². The van der Waals surface area contributed by atoms with Crippen LogP contribution in [0.1, 0.15) is 65.7 Å². The van der Waals surface area contributed by atoms with E-state index >= 15 is 0 Å². The van der Waals surface area contributed by atoms with E-state index in [9.17, 15) is 8.42 Å². The zero-order valence-electron chi connectivity index (χ0n) is 14.5. The van der Waals surface area contributed by atoms with Gasteiger partial charge in [-0.05, 0) is 95.4 Å². The summed E-state index contributed by atoms with van der Waals surface area (Å²) in [5.74, 6) is 3.27. The van der Waals surface area contributed by atoms with Crippen molar-refractivity contribution in [2.45, 2.75) is 77.0 Å². The maximum absolute atomic E-state index is 11.9. The van der Waals surface area contributed by atoms with Gasteiger partial charge in [-0.15, -0.1) is 0 Å². The van der Waals surface area contributed by atoms with Crippen LogP contribution in [-0.2, 0) is 9.84 Å². The molecule has 0 amide bonds. The Kier molecular flexibility index (Phi) is 4.63. The SMILES string of the molecule is CC(C)S(=O)(=O)CCCN[C@H](C)C12CC3CC(CC(C3)C1)C2. The Morgan fingerprint density at radius 2 is 1.50 bits per heavy atom. The van der Waals surface area contributed by atoms with Crippen LogP contribution < -0.4 is 5.32 Å². The molecule has 0 aromatic carbocycles. The Balaban J connectivity index is 1.49. The van der Waals surface area contributed by atoms with Crippen LogP contribution in [0, 0.1) is 23.2 Å². The zero-order valence-corrected chi connectivity index (χ0v) is 15.3. The summed E-state index contributed by atoms with van der Waals surface area (Å²) in [5.41, 5.74) is 0.520. The van der Waals surface area contributed by atoms with Gasteiger partial charge in [0.25, 0.3) is 0 Å². The molecule has 0 saturated heterocycles.